The number of methoxy groups -OCH3 is 3. The molecular formula is C28H33N3O6S. The first-order valence-electron chi connectivity index (χ1n) is 11.8. The molecule has 0 fully saturated rings. The molecule has 9 nitrogen and oxygen atoms in total. The Morgan fingerprint density at radius 3 is 2.03 bits per heavy atom. The molecule has 202 valence electrons. The maximum Gasteiger partial charge on any atom is 0.255 e. The molecule has 0 unspecified atom stereocenters. The molecule has 0 saturated carbocycles. The van der Waals surface area contributed by atoms with Crippen LogP contribution in [-0.4, -0.2) is 52.7 Å². The SMILES string of the molecule is COc1cc(/C=N\NC(=O)CN(Cc2ccccc2)S(=O)(=O)c2c(C)cc(C)cc2C)cc(OC)c1OC. The molecule has 38 heavy (non-hydrogen) atoms. The highest BCUT2D eigenvalue weighted by Crippen LogP contribution is 2.37. The second kappa shape index (κ2) is 12.6. The van der Waals surface area contributed by atoms with Crippen molar-refractivity contribution in [2.45, 2.75) is 32.2 Å². The summed E-state index contributed by atoms with van der Waals surface area (Å²) in [4.78, 5) is 13.1. The fourth-order valence-corrected chi connectivity index (χ4v) is 6.06. The van der Waals surface area contributed by atoms with Gasteiger partial charge in [0.25, 0.3) is 5.91 Å². The Hall–Kier alpha value is -3.89. The number of aryl methyl sites for hydroxylation is 3. The minimum Gasteiger partial charge on any atom is -0.493 e. The molecule has 0 radical (unpaired) electrons. The van der Waals surface area contributed by atoms with Crippen molar-refractivity contribution in [3.63, 3.8) is 0 Å². The molecule has 0 atom stereocenters. The average molecular weight is 540 g/mol. The smallest absolute Gasteiger partial charge is 0.255 e. The third-order valence-corrected chi connectivity index (χ3v) is 7.91. The van der Waals surface area contributed by atoms with Crippen molar-refractivity contribution in [3.8, 4) is 17.2 Å². The molecule has 0 spiro atoms. The number of nitrogens with zero attached hydrogens (tertiary/aromatic N) is 2. The van der Waals surface area contributed by atoms with Crippen LogP contribution >= 0.6 is 0 Å². The summed E-state index contributed by atoms with van der Waals surface area (Å²) in [5.74, 6) is 0.711. The fourth-order valence-electron chi connectivity index (χ4n) is 4.27. The van der Waals surface area contributed by atoms with Crippen LogP contribution in [-0.2, 0) is 21.4 Å². The molecule has 3 aromatic carbocycles. The summed E-state index contributed by atoms with van der Waals surface area (Å²) in [7, 11) is 0.500. The van der Waals surface area contributed by atoms with Gasteiger partial charge in [-0.2, -0.15) is 9.41 Å². The number of hydrazone groups is 1. The third kappa shape index (κ3) is 6.70. The van der Waals surface area contributed by atoms with Gasteiger partial charge in [0.2, 0.25) is 15.8 Å². The number of amides is 1. The van der Waals surface area contributed by atoms with Crippen molar-refractivity contribution >= 4 is 22.1 Å². The van der Waals surface area contributed by atoms with Crippen LogP contribution in [0.25, 0.3) is 0 Å². The molecule has 1 amide bonds. The number of carbonyl (C=O) groups excluding carboxylic acids is 1. The first-order valence-corrected chi connectivity index (χ1v) is 13.3. The van der Waals surface area contributed by atoms with E-state index in [0.29, 0.717) is 33.9 Å². The van der Waals surface area contributed by atoms with E-state index in [0.717, 1.165) is 15.4 Å². The number of carbonyl (C=O) groups is 1. The maximum atomic E-state index is 13.8. The summed E-state index contributed by atoms with van der Waals surface area (Å²) in [6.45, 7) is 5.04. The maximum absolute atomic E-state index is 13.8. The lowest BCUT2D eigenvalue weighted by atomic mass is 10.1. The Morgan fingerprint density at radius 2 is 1.50 bits per heavy atom. The summed E-state index contributed by atoms with van der Waals surface area (Å²) in [5, 5.41) is 4.01. The van der Waals surface area contributed by atoms with E-state index in [1.807, 2.05) is 49.4 Å². The number of hydrogen-bond acceptors (Lipinski definition) is 7. The second-order valence-corrected chi connectivity index (χ2v) is 10.6. The number of benzene rings is 3. The highest BCUT2D eigenvalue weighted by Gasteiger charge is 2.30. The van der Waals surface area contributed by atoms with Crippen LogP contribution < -0.4 is 19.6 Å². The topological polar surface area (TPSA) is 107 Å². The van der Waals surface area contributed by atoms with Gasteiger partial charge in [-0.1, -0.05) is 48.0 Å². The molecule has 0 aliphatic carbocycles. The third-order valence-electron chi connectivity index (χ3n) is 5.81. The van der Waals surface area contributed by atoms with Crippen LogP contribution in [0.3, 0.4) is 0 Å². The van der Waals surface area contributed by atoms with E-state index in [4.69, 9.17) is 14.2 Å². The standard InChI is InChI=1S/C28H33N3O6S/c1-19-12-20(2)28(21(3)13-19)38(33,34)31(17-22-10-8-7-9-11-22)18-26(32)30-29-16-23-14-24(35-4)27(37-6)25(15-23)36-5/h7-16H,17-18H2,1-6H3,(H,30,32)/b29-16-. The van der Waals surface area contributed by atoms with Crippen LogP contribution in [0.4, 0.5) is 0 Å². The normalized spacial score (nSPS) is 11.6. The largest absolute Gasteiger partial charge is 0.493 e. The van der Waals surface area contributed by atoms with E-state index in [9.17, 15) is 13.2 Å². The minimum atomic E-state index is -4.00. The molecule has 0 bridgehead atoms. The molecule has 0 aromatic heterocycles. The van der Waals surface area contributed by atoms with Gasteiger partial charge in [-0.3, -0.25) is 4.79 Å². The van der Waals surface area contributed by atoms with E-state index in [2.05, 4.69) is 10.5 Å². The predicted molar refractivity (Wildman–Crippen MR) is 147 cm³/mol. The number of ether oxygens (including phenoxy) is 3. The number of nitrogens with one attached hydrogen (secondary N) is 1. The number of hydrogen-bond donors (Lipinski definition) is 1. The Labute approximate surface area is 224 Å². The molecule has 10 heteroatoms. The average Bonchev–Trinajstić information content (AvgIpc) is 2.87. The van der Waals surface area contributed by atoms with Gasteiger partial charge >= 0.3 is 0 Å². The highest BCUT2D eigenvalue weighted by molar-refractivity contribution is 7.89. The zero-order chi connectivity index (χ0) is 27.9. The lowest BCUT2D eigenvalue weighted by Crippen LogP contribution is -2.39. The van der Waals surface area contributed by atoms with E-state index >= 15 is 0 Å². The van der Waals surface area contributed by atoms with Gasteiger partial charge in [0.05, 0.1) is 39.0 Å². The molecule has 0 saturated heterocycles. The summed E-state index contributed by atoms with van der Waals surface area (Å²) in [5.41, 5.74) is 5.98. The van der Waals surface area contributed by atoms with Gasteiger partial charge in [-0.25, -0.2) is 13.8 Å². The first kappa shape index (κ1) is 28.7. The Balaban J connectivity index is 1.86. The van der Waals surface area contributed by atoms with Crippen LogP contribution in [0, 0.1) is 20.8 Å². The van der Waals surface area contributed by atoms with Crippen molar-refractivity contribution in [2.75, 3.05) is 27.9 Å². The van der Waals surface area contributed by atoms with Crippen LogP contribution in [0.15, 0.2) is 64.6 Å². The van der Waals surface area contributed by atoms with Crippen LogP contribution in [0.1, 0.15) is 27.8 Å². The monoisotopic (exact) mass is 539 g/mol. The minimum absolute atomic E-state index is 0.0277. The quantitative estimate of drug-likeness (QED) is 0.292. The molecule has 0 heterocycles. The molecule has 0 aliphatic heterocycles. The Bertz CT molecular complexity index is 1370. The first-order chi connectivity index (χ1) is 18.1. The summed E-state index contributed by atoms with van der Waals surface area (Å²) in [6.07, 6.45) is 1.41. The van der Waals surface area contributed by atoms with Crippen molar-refractivity contribution in [1.29, 1.82) is 0 Å². The Morgan fingerprint density at radius 1 is 0.921 bits per heavy atom. The lowest BCUT2D eigenvalue weighted by Gasteiger charge is -2.24. The Kier molecular flexibility index (Phi) is 9.49. The van der Waals surface area contributed by atoms with Gasteiger partial charge in [0.15, 0.2) is 11.5 Å². The fraction of sp³-hybridized carbons (Fsp3) is 0.286. The van der Waals surface area contributed by atoms with E-state index in [1.54, 1.807) is 26.0 Å². The predicted octanol–water partition coefficient (Wildman–Crippen LogP) is 3.98. The van der Waals surface area contributed by atoms with E-state index < -0.39 is 22.5 Å². The summed E-state index contributed by atoms with van der Waals surface area (Å²) in [6, 6.07) is 16.1. The molecule has 1 N–H and O–H groups in total. The summed E-state index contributed by atoms with van der Waals surface area (Å²) < 4.78 is 44.7. The van der Waals surface area contributed by atoms with Crippen molar-refractivity contribution in [2.24, 2.45) is 5.10 Å². The van der Waals surface area contributed by atoms with Crippen LogP contribution in [0.2, 0.25) is 0 Å². The molecular weight excluding hydrogens is 506 g/mol. The highest BCUT2D eigenvalue weighted by atomic mass is 32.2. The van der Waals surface area contributed by atoms with E-state index in [1.165, 1.54) is 27.5 Å². The number of rotatable bonds is 11. The molecule has 3 aromatic rings. The molecule has 3 rings (SSSR count). The van der Waals surface area contributed by atoms with Gasteiger partial charge in [-0.05, 0) is 49.6 Å². The second-order valence-electron chi connectivity index (χ2n) is 8.74. The zero-order valence-corrected chi connectivity index (χ0v) is 23.3. The zero-order valence-electron chi connectivity index (χ0n) is 22.4. The van der Waals surface area contributed by atoms with Crippen molar-refractivity contribution in [1.82, 2.24) is 9.73 Å². The molecule has 0 aliphatic rings. The van der Waals surface area contributed by atoms with E-state index in [-0.39, 0.29) is 11.4 Å². The lowest BCUT2D eigenvalue weighted by molar-refractivity contribution is -0.121. The van der Waals surface area contributed by atoms with Gasteiger partial charge in [-0.15, -0.1) is 0 Å². The summed E-state index contributed by atoms with van der Waals surface area (Å²) >= 11 is 0. The number of sulfonamides is 1. The van der Waals surface area contributed by atoms with Crippen molar-refractivity contribution in [3.05, 3.63) is 82.4 Å². The van der Waals surface area contributed by atoms with Crippen molar-refractivity contribution < 1.29 is 27.4 Å². The van der Waals surface area contributed by atoms with Crippen LogP contribution in [0.5, 0.6) is 17.2 Å². The van der Waals surface area contributed by atoms with Gasteiger partial charge in [0, 0.05) is 12.1 Å². The van der Waals surface area contributed by atoms with Gasteiger partial charge < -0.3 is 14.2 Å². The van der Waals surface area contributed by atoms with Gasteiger partial charge in [0.1, 0.15) is 0 Å².